The van der Waals surface area contributed by atoms with Crippen molar-refractivity contribution in [1.29, 1.82) is 0 Å². The average molecular weight is 289 g/mol. The van der Waals surface area contributed by atoms with Crippen molar-refractivity contribution in [2.75, 3.05) is 6.54 Å². The standard InChI is InChI=1S/C19H31NO/c1-19(2,3)20-15-18(16-11-7-6-8-12-16)21-17-13-9-4-5-10-14-17/h6-8,11-12,17-18,20H,4-5,9-10,13-15H2,1-3H3. The van der Waals surface area contributed by atoms with Crippen LogP contribution in [0.15, 0.2) is 30.3 Å². The van der Waals surface area contributed by atoms with Gasteiger partial charge >= 0.3 is 0 Å². The zero-order chi connectivity index (χ0) is 15.1. The Bertz CT molecular complexity index is 388. The van der Waals surface area contributed by atoms with Crippen LogP contribution < -0.4 is 5.32 Å². The smallest absolute Gasteiger partial charge is 0.0953 e. The molecule has 118 valence electrons. The van der Waals surface area contributed by atoms with E-state index >= 15 is 0 Å². The third kappa shape index (κ3) is 6.19. The molecular formula is C19H31NO. The molecule has 2 rings (SSSR count). The molecule has 1 aromatic rings. The lowest BCUT2D eigenvalue weighted by molar-refractivity contribution is -0.0225. The summed E-state index contributed by atoms with van der Waals surface area (Å²) in [6, 6.07) is 10.7. The van der Waals surface area contributed by atoms with Crippen molar-refractivity contribution in [2.45, 2.75) is 77.0 Å². The molecule has 0 bridgehead atoms. The summed E-state index contributed by atoms with van der Waals surface area (Å²) in [5.74, 6) is 0. The molecule has 1 aliphatic carbocycles. The predicted molar refractivity (Wildman–Crippen MR) is 89.5 cm³/mol. The molecule has 0 radical (unpaired) electrons. The van der Waals surface area contributed by atoms with Crippen LogP contribution in [0.25, 0.3) is 0 Å². The number of benzene rings is 1. The summed E-state index contributed by atoms with van der Waals surface area (Å²) in [6.07, 6.45) is 8.41. The van der Waals surface area contributed by atoms with Crippen LogP contribution >= 0.6 is 0 Å². The summed E-state index contributed by atoms with van der Waals surface area (Å²) in [5.41, 5.74) is 1.42. The molecule has 0 aliphatic heterocycles. The fraction of sp³-hybridized carbons (Fsp3) is 0.684. The molecule has 1 N–H and O–H groups in total. The molecule has 1 fully saturated rings. The minimum atomic E-state index is 0.125. The molecule has 0 amide bonds. The third-order valence-electron chi connectivity index (χ3n) is 4.15. The summed E-state index contributed by atoms with van der Waals surface area (Å²) in [4.78, 5) is 0. The molecule has 0 heterocycles. The lowest BCUT2D eigenvalue weighted by Gasteiger charge is -2.29. The van der Waals surface area contributed by atoms with Gasteiger partial charge in [-0.1, -0.05) is 56.0 Å². The maximum Gasteiger partial charge on any atom is 0.0953 e. The predicted octanol–water partition coefficient (Wildman–Crippen LogP) is 4.86. The molecule has 1 unspecified atom stereocenters. The Hall–Kier alpha value is -0.860. The molecule has 1 aromatic carbocycles. The van der Waals surface area contributed by atoms with Gasteiger partial charge in [-0.25, -0.2) is 0 Å². The van der Waals surface area contributed by atoms with Gasteiger partial charge in [0.05, 0.1) is 12.2 Å². The first-order chi connectivity index (χ1) is 10.0. The van der Waals surface area contributed by atoms with Crippen molar-refractivity contribution < 1.29 is 4.74 Å². The van der Waals surface area contributed by atoms with Crippen molar-refractivity contribution in [2.24, 2.45) is 0 Å². The van der Waals surface area contributed by atoms with E-state index < -0.39 is 0 Å². The largest absolute Gasteiger partial charge is 0.369 e. The highest BCUT2D eigenvalue weighted by atomic mass is 16.5. The molecule has 0 spiro atoms. The number of hydrogen-bond donors (Lipinski definition) is 1. The Morgan fingerprint density at radius 2 is 1.67 bits per heavy atom. The Labute approximate surface area is 130 Å². The molecule has 1 atom stereocenters. The topological polar surface area (TPSA) is 21.3 Å². The third-order valence-corrected chi connectivity index (χ3v) is 4.15. The average Bonchev–Trinajstić information content (AvgIpc) is 2.72. The highest BCUT2D eigenvalue weighted by molar-refractivity contribution is 5.18. The van der Waals surface area contributed by atoms with Gasteiger partial charge in [-0.2, -0.15) is 0 Å². The van der Waals surface area contributed by atoms with Crippen LogP contribution in [-0.4, -0.2) is 18.2 Å². The van der Waals surface area contributed by atoms with E-state index in [1.54, 1.807) is 0 Å². The van der Waals surface area contributed by atoms with Gasteiger partial charge in [-0.15, -0.1) is 0 Å². The quantitative estimate of drug-likeness (QED) is 0.782. The first-order valence-corrected chi connectivity index (χ1v) is 8.50. The van der Waals surface area contributed by atoms with Gasteiger partial charge in [0.2, 0.25) is 0 Å². The van der Waals surface area contributed by atoms with Gasteiger partial charge in [0.15, 0.2) is 0 Å². The summed E-state index contributed by atoms with van der Waals surface area (Å²) < 4.78 is 6.49. The zero-order valence-electron chi connectivity index (χ0n) is 13.9. The fourth-order valence-corrected chi connectivity index (χ4v) is 2.92. The Morgan fingerprint density at radius 3 is 2.24 bits per heavy atom. The molecular weight excluding hydrogens is 258 g/mol. The van der Waals surface area contributed by atoms with E-state index in [1.165, 1.54) is 44.1 Å². The first kappa shape index (κ1) is 16.5. The second kappa shape index (κ2) is 7.95. The minimum Gasteiger partial charge on any atom is -0.369 e. The van der Waals surface area contributed by atoms with E-state index in [-0.39, 0.29) is 11.6 Å². The summed E-state index contributed by atoms with van der Waals surface area (Å²) in [7, 11) is 0. The van der Waals surface area contributed by atoms with Crippen LogP contribution in [0.1, 0.15) is 71.0 Å². The molecule has 1 saturated carbocycles. The summed E-state index contributed by atoms with van der Waals surface area (Å²) >= 11 is 0. The van der Waals surface area contributed by atoms with E-state index in [4.69, 9.17) is 4.74 Å². The van der Waals surface area contributed by atoms with E-state index in [0.29, 0.717) is 6.10 Å². The van der Waals surface area contributed by atoms with Crippen LogP contribution in [0.3, 0.4) is 0 Å². The highest BCUT2D eigenvalue weighted by Crippen LogP contribution is 2.26. The number of nitrogens with one attached hydrogen (secondary N) is 1. The van der Waals surface area contributed by atoms with Crippen LogP contribution in [0.5, 0.6) is 0 Å². The molecule has 0 aromatic heterocycles. The van der Waals surface area contributed by atoms with Gasteiger partial charge in [-0.3, -0.25) is 0 Å². The van der Waals surface area contributed by atoms with Gasteiger partial charge in [0.1, 0.15) is 0 Å². The molecule has 0 saturated heterocycles. The number of hydrogen-bond acceptors (Lipinski definition) is 2. The van der Waals surface area contributed by atoms with E-state index in [9.17, 15) is 0 Å². The second-order valence-electron chi connectivity index (χ2n) is 7.28. The van der Waals surface area contributed by atoms with Crippen molar-refractivity contribution in [3.05, 3.63) is 35.9 Å². The monoisotopic (exact) mass is 289 g/mol. The van der Waals surface area contributed by atoms with Crippen LogP contribution in [0.4, 0.5) is 0 Å². The maximum absolute atomic E-state index is 6.49. The Kier molecular flexibility index (Phi) is 6.25. The van der Waals surface area contributed by atoms with E-state index in [0.717, 1.165) is 6.54 Å². The molecule has 21 heavy (non-hydrogen) atoms. The van der Waals surface area contributed by atoms with Gasteiger partial charge in [0.25, 0.3) is 0 Å². The lowest BCUT2D eigenvalue weighted by atomic mass is 10.1. The highest BCUT2D eigenvalue weighted by Gasteiger charge is 2.21. The van der Waals surface area contributed by atoms with Crippen molar-refractivity contribution >= 4 is 0 Å². The number of rotatable bonds is 5. The fourth-order valence-electron chi connectivity index (χ4n) is 2.92. The van der Waals surface area contributed by atoms with Crippen LogP contribution in [0.2, 0.25) is 0 Å². The van der Waals surface area contributed by atoms with Crippen molar-refractivity contribution in [3.63, 3.8) is 0 Å². The van der Waals surface area contributed by atoms with Gasteiger partial charge in [0, 0.05) is 12.1 Å². The first-order valence-electron chi connectivity index (χ1n) is 8.50. The molecule has 2 nitrogen and oxygen atoms in total. The summed E-state index contributed by atoms with van der Waals surface area (Å²) in [6.45, 7) is 7.51. The van der Waals surface area contributed by atoms with E-state index in [1.807, 2.05) is 0 Å². The SMILES string of the molecule is CC(C)(C)NCC(OC1CCCCCC1)c1ccccc1. The zero-order valence-corrected chi connectivity index (χ0v) is 13.9. The Balaban J connectivity index is 2.00. The normalized spacial score (nSPS) is 19.2. The van der Waals surface area contributed by atoms with Crippen LogP contribution in [-0.2, 0) is 4.74 Å². The van der Waals surface area contributed by atoms with E-state index in [2.05, 4.69) is 56.4 Å². The lowest BCUT2D eigenvalue weighted by Crippen LogP contribution is -2.39. The molecule has 2 heteroatoms. The van der Waals surface area contributed by atoms with Crippen molar-refractivity contribution in [3.8, 4) is 0 Å². The van der Waals surface area contributed by atoms with Crippen molar-refractivity contribution in [1.82, 2.24) is 5.32 Å². The minimum absolute atomic E-state index is 0.125. The van der Waals surface area contributed by atoms with Gasteiger partial charge in [-0.05, 0) is 39.2 Å². The van der Waals surface area contributed by atoms with Gasteiger partial charge < -0.3 is 10.1 Å². The maximum atomic E-state index is 6.49. The Morgan fingerprint density at radius 1 is 1.05 bits per heavy atom. The summed E-state index contributed by atoms with van der Waals surface area (Å²) in [5, 5.41) is 3.60. The molecule has 1 aliphatic rings. The second-order valence-corrected chi connectivity index (χ2v) is 7.28. The van der Waals surface area contributed by atoms with Crippen LogP contribution in [0, 0.1) is 0 Å². The number of ether oxygens (including phenoxy) is 1.